The molecule has 1 aliphatic heterocycles. The summed E-state index contributed by atoms with van der Waals surface area (Å²) in [6.07, 6.45) is 6.66. The Labute approximate surface area is 272 Å². The number of primary amides is 1. The van der Waals surface area contributed by atoms with E-state index in [0.29, 0.717) is 16.6 Å². The summed E-state index contributed by atoms with van der Waals surface area (Å²) in [6.45, 7) is 4.49. The van der Waals surface area contributed by atoms with Crippen LogP contribution in [0.1, 0.15) is 87.8 Å². The van der Waals surface area contributed by atoms with Crippen LogP contribution >= 0.6 is 0 Å². The molecule has 4 amide bonds. The van der Waals surface area contributed by atoms with E-state index in [1.165, 1.54) is 22.7 Å². The largest absolute Gasteiger partial charge is 0.384 e. The second-order valence-electron chi connectivity index (χ2n) is 13.0. The summed E-state index contributed by atoms with van der Waals surface area (Å²) in [5, 5.41) is 23.0. The minimum absolute atomic E-state index is 0.00630. The van der Waals surface area contributed by atoms with Gasteiger partial charge in [-0.3, -0.25) is 24.0 Å². The SMILES string of the molecule is CC(NC(=O)[C@@H]1C[C@H](n2nncc2C(C)(C)O)CN1C(=O)/C(CC1CCCCC1)=N/C(=O)c1cccc2ccccc12)C(=O)C(N)=O. The number of nitrogens with one attached hydrogen (secondary N) is 1. The highest BCUT2D eigenvalue weighted by molar-refractivity contribution is 6.41. The third-order valence-electron chi connectivity index (χ3n) is 9.10. The van der Waals surface area contributed by atoms with Gasteiger partial charge in [0, 0.05) is 18.5 Å². The summed E-state index contributed by atoms with van der Waals surface area (Å²) in [6, 6.07) is 9.87. The number of aromatic nitrogens is 3. The number of nitrogens with zero attached hydrogens (tertiary/aromatic N) is 5. The van der Waals surface area contributed by atoms with Gasteiger partial charge in [0.05, 0.1) is 24.0 Å². The molecule has 13 heteroatoms. The van der Waals surface area contributed by atoms with E-state index in [-0.39, 0.29) is 31.0 Å². The summed E-state index contributed by atoms with van der Waals surface area (Å²) >= 11 is 0. The van der Waals surface area contributed by atoms with Gasteiger partial charge in [0.25, 0.3) is 17.7 Å². The molecule has 5 rings (SSSR count). The van der Waals surface area contributed by atoms with Crippen LogP contribution in [-0.2, 0) is 24.8 Å². The fourth-order valence-corrected chi connectivity index (χ4v) is 6.61. The van der Waals surface area contributed by atoms with Crippen molar-refractivity contribution in [2.24, 2.45) is 16.6 Å². The number of carbonyl (C=O) groups is 5. The van der Waals surface area contributed by atoms with Gasteiger partial charge in [-0.15, -0.1) is 5.10 Å². The quantitative estimate of drug-likeness (QED) is 0.222. The van der Waals surface area contributed by atoms with Crippen molar-refractivity contribution in [2.45, 2.75) is 89.4 Å². The summed E-state index contributed by atoms with van der Waals surface area (Å²) in [5.41, 5.74) is 4.63. The van der Waals surface area contributed by atoms with E-state index in [2.05, 4.69) is 20.6 Å². The van der Waals surface area contributed by atoms with E-state index >= 15 is 0 Å². The first-order valence-corrected chi connectivity index (χ1v) is 16.0. The van der Waals surface area contributed by atoms with Crippen LogP contribution in [-0.4, -0.2) is 78.8 Å². The van der Waals surface area contributed by atoms with Gasteiger partial charge < -0.3 is 21.1 Å². The smallest absolute Gasteiger partial charge is 0.287 e. The van der Waals surface area contributed by atoms with Gasteiger partial charge in [0.2, 0.25) is 11.7 Å². The second-order valence-corrected chi connectivity index (χ2v) is 13.0. The van der Waals surface area contributed by atoms with Crippen molar-refractivity contribution in [3.8, 4) is 0 Å². The van der Waals surface area contributed by atoms with Crippen LogP contribution in [0.3, 0.4) is 0 Å². The van der Waals surface area contributed by atoms with Gasteiger partial charge in [-0.05, 0) is 49.9 Å². The fourth-order valence-electron chi connectivity index (χ4n) is 6.61. The van der Waals surface area contributed by atoms with Crippen molar-refractivity contribution in [1.29, 1.82) is 0 Å². The molecule has 1 saturated carbocycles. The molecule has 0 spiro atoms. The lowest BCUT2D eigenvalue weighted by atomic mass is 9.85. The van der Waals surface area contributed by atoms with Crippen LogP contribution in [0.25, 0.3) is 10.8 Å². The molecule has 13 nitrogen and oxygen atoms in total. The molecular formula is C34H41N7O6. The van der Waals surface area contributed by atoms with Crippen LogP contribution in [0.15, 0.2) is 53.7 Å². The third-order valence-corrected chi connectivity index (χ3v) is 9.10. The van der Waals surface area contributed by atoms with Crippen LogP contribution in [0.4, 0.5) is 0 Å². The molecule has 1 unspecified atom stereocenters. The molecule has 1 saturated heterocycles. The molecule has 1 aliphatic carbocycles. The van der Waals surface area contributed by atoms with E-state index in [4.69, 9.17) is 5.73 Å². The molecule has 248 valence electrons. The lowest BCUT2D eigenvalue weighted by Crippen LogP contribution is -2.52. The van der Waals surface area contributed by atoms with Crippen molar-refractivity contribution in [3.63, 3.8) is 0 Å². The maximum Gasteiger partial charge on any atom is 0.287 e. The minimum Gasteiger partial charge on any atom is -0.384 e. The Balaban J connectivity index is 1.52. The van der Waals surface area contributed by atoms with Crippen molar-refractivity contribution in [3.05, 3.63) is 59.9 Å². The van der Waals surface area contributed by atoms with Crippen LogP contribution in [0, 0.1) is 5.92 Å². The topological polar surface area (TPSA) is 190 Å². The molecule has 0 radical (unpaired) electrons. The van der Waals surface area contributed by atoms with Gasteiger partial charge >= 0.3 is 0 Å². The number of hydrogen-bond acceptors (Lipinski definition) is 8. The molecule has 4 N–H and O–H groups in total. The van der Waals surface area contributed by atoms with Crippen LogP contribution in [0.2, 0.25) is 0 Å². The van der Waals surface area contributed by atoms with Crippen LogP contribution in [0.5, 0.6) is 0 Å². The monoisotopic (exact) mass is 643 g/mol. The van der Waals surface area contributed by atoms with Gasteiger partial charge in [-0.2, -0.15) is 0 Å². The fraction of sp³-hybridized carbons (Fsp3) is 0.471. The molecule has 1 aromatic heterocycles. The highest BCUT2D eigenvalue weighted by Gasteiger charge is 2.44. The van der Waals surface area contributed by atoms with E-state index in [1.807, 2.05) is 30.3 Å². The predicted molar refractivity (Wildman–Crippen MR) is 173 cm³/mol. The van der Waals surface area contributed by atoms with Gasteiger partial charge in [0.15, 0.2) is 0 Å². The normalized spacial score (nSPS) is 19.8. The number of likely N-dealkylation sites (tertiary alicyclic amines) is 1. The lowest BCUT2D eigenvalue weighted by molar-refractivity contribution is -0.139. The predicted octanol–water partition coefficient (Wildman–Crippen LogP) is 2.61. The Morgan fingerprint density at radius 3 is 2.47 bits per heavy atom. The maximum atomic E-state index is 14.5. The number of aliphatic hydroxyl groups is 1. The number of hydrogen-bond donors (Lipinski definition) is 3. The van der Waals surface area contributed by atoms with Gasteiger partial charge in [-0.1, -0.05) is 73.7 Å². The van der Waals surface area contributed by atoms with E-state index in [0.717, 1.165) is 37.5 Å². The highest BCUT2D eigenvalue weighted by Crippen LogP contribution is 2.33. The standard InChI is InChI=1S/C34H41N7O6/c1-20(29(42)30(35)43)37-32(45)27-17-23(41-28(18-36-39-41)34(2,3)47)19-40(27)33(46)26(16-21-10-5-4-6-11-21)38-31(44)25-15-9-13-22-12-7-8-14-24(22)25/h7-9,12-15,18,20-21,23,27,47H,4-6,10-11,16-17,19H2,1-3H3,(H2,35,43)(H,37,45)/b38-26+/t20?,23-,27-/m0/s1. The maximum absolute atomic E-state index is 14.5. The Bertz CT molecular complexity index is 1710. The zero-order valence-corrected chi connectivity index (χ0v) is 26.9. The van der Waals surface area contributed by atoms with Crippen molar-refractivity contribution in [2.75, 3.05) is 6.54 Å². The number of ketones is 1. The van der Waals surface area contributed by atoms with Crippen molar-refractivity contribution in [1.82, 2.24) is 25.2 Å². The summed E-state index contributed by atoms with van der Waals surface area (Å²) in [7, 11) is 0. The number of fused-ring (bicyclic) bond motifs is 1. The van der Waals surface area contributed by atoms with Crippen molar-refractivity contribution < 1.29 is 29.1 Å². The Morgan fingerprint density at radius 1 is 1.06 bits per heavy atom. The number of nitrogens with two attached hydrogens (primary N) is 1. The Hall–Kier alpha value is -4.78. The average molecular weight is 644 g/mol. The average Bonchev–Trinajstić information content (AvgIpc) is 3.72. The molecule has 2 heterocycles. The number of rotatable bonds is 10. The molecule has 3 atom stereocenters. The number of carbonyl (C=O) groups excluding carboxylic acids is 5. The van der Waals surface area contributed by atoms with E-state index in [9.17, 15) is 29.1 Å². The number of aliphatic imine (C=N–C) groups is 1. The first-order chi connectivity index (χ1) is 22.3. The summed E-state index contributed by atoms with van der Waals surface area (Å²) in [5.74, 6) is -3.84. The van der Waals surface area contributed by atoms with Crippen LogP contribution < -0.4 is 11.1 Å². The molecule has 47 heavy (non-hydrogen) atoms. The molecular weight excluding hydrogens is 602 g/mol. The Kier molecular flexibility index (Phi) is 9.94. The van der Waals surface area contributed by atoms with E-state index in [1.54, 1.807) is 26.0 Å². The van der Waals surface area contributed by atoms with Crippen molar-refractivity contribution >= 4 is 45.9 Å². The summed E-state index contributed by atoms with van der Waals surface area (Å²) in [4.78, 5) is 71.5. The lowest BCUT2D eigenvalue weighted by Gasteiger charge is -2.27. The first-order valence-electron chi connectivity index (χ1n) is 16.0. The zero-order valence-electron chi connectivity index (χ0n) is 26.9. The Morgan fingerprint density at radius 2 is 1.77 bits per heavy atom. The molecule has 2 aromatic carbocycles. The third kappa shape index (κ3) is 7.46. The molecule has 0 bridgehead atoms. The second kappa shape index (κ2) is 13.9. The number of amides is 4. The summed E-state index contributed by atoms with van der Waals surface area (Å²) < 4.78 is 1.49. The highest BCUT2D eigenvalue weighted by atomic mass is 16.3. The minimum atomic E-state index is -1.32. The number of benzene rings is 2. The van der Waals surface area contributed by atoms with Gasteiger partial charge in [-0.25, -0.2) is 9.67 Å². The van der Waals surface area contributed by atoms with E-state index < -0.39 is 53.1 Å². The molecule has 3 aromatic rings. The number of Topliss-reactive ketones (excluding diaryl/α,β-unsaturated/α-hetero) is 1. The zero-order chi connectivity index (χ0) is 33.9. The molecule has 2 fully saturated rings. The molecule has 2 aliphatic rings. The first kappa shape index (κ1) is 33.6. The van der Waals surface area contributed by atoms with Gasteiger partial charge in [0.1, 0.15) is 17.4 Å².